The predicted octanol–water partition coefficient (Wildman–Crippen LogP) is -1.43. The molecule has 21 nitrogen and oxygen atoms in total. The highest BCUT2D eigenvalue weighted by Gasteiger charge is 2.49. The van der Waals surface area contributed by atoms with Gasteiger partial charge in [-0.3, -0.25) is 0 Å². The summed E-state index contributed by atoms with van der Waals surface area (Å²) in [6.07, 6.45) is -24.3. The van der Waals surface area contributed by atoms with E-state index in [9.17, 15) is 66.1 Å². The summed E-state index contributed by atoms with van der Waals surface area (Å²) < 4.78 is 45.7. The predicted molar refractivity (Wildman–Crippen MR) is 201 cm³/mol. The van der Waals surface area contributed by atoms with Crippen molar-refractivity contribution in [3.05, 3.63) is 72.3 Å². The van der Waals surface area contributed by atoms with Crippen LogP contribution in [0.3, 0.4) is 0 Å². The number of aliphatic hydroxyl groups is 9. The van der Waals surface area contributed by atoms with E-state index in [1.54, 1.807) is 0 Å². The van der Waals surface area contributed by atoms with Gasteiger partial charge in [0.15, 0.2) is 6.29 Å². The Balaban J connectivity index is 1.12. The van der Waals surface area contributed by atoms with E-state index in [4.69, 9.17) is 37.6 Å². The van der Waals surface area contributed by atoms with Crippen molar-refractivity contribution in [3.63, 3.8) is 0 Å². The zero-order chi connectivity index (χ0) is 43.9. The number of rotatable bonds is 11. The summed E-state index contributed by atoms with van der Waals surface area (Å²) in [7, 11) is 0. The number of phenols is 3. The molecule has 12 N–H and O–H groups in total. The summed E-state index contributed by atoms with van der Waals surface area (Å²) in [4.78, 5) is 12.5. The molecule has 4 aromatic rings. The summed E-state index contributed by atoms with van der Waals surface area (Å²) in [6.45, 7) is 0.280. The molecule has 0 radical (unpaired) electrons. The molecule has 1 aromatic heterocycles. The van der Waals surface area contributed by atoms with Crippen LogP contribution in [-0.2, 0) is 23.7 Å². The number of fused-ring (bicyclic) bond motifs is 1. The standard InChI is InChI=1S/C40H44O21/c1-15-27(44)30(47)33(50)38(56-15)55-14-26-29(46)32(49)35(52)40(61-26)59-24-12-21-22(43)10-20(11-23(21)58-36(24)16-2-6-18(41)7-3-16)57-39-34(51)31(48)28(45)25(60-39)13-54-37(53)17-4-8-19(42)9-5-17/h2-12,15,25-35,38-40,44-52H,13-14H2,1H3,(H2-,41,42,43,53)/p+1/t15-,25+,26+,27-,28+,29+,30+,31-,32-,33+,34+,35+,38+,39+,40+/m0/s1. The van der Waals surface area contributed by atoms with Crippen molar-refractivity contribution < 1.29 is 104 Å². The molecule has 3 aromatic carbocycles. The number of carbonyl (C=O) groups excluding carboxylic acids is 1. The molecule has 3 fully saturated rings. The topological polar surface area (TPSA) is 336 Å². The molecule has 0 aliphatic carbocycles. The number of aromatic hydroxyl groups is 3. The number of aliphatic hydroxyl groups excluding tert-OH is 9. The Kier molecular flexibility index (Phi) is 13.1. The van der Waals surface area contributed by atoms with Crippen LogP contribution in [0.4, 0.5) is 0 Å². The first-order chi connectivity index (χ1) is 29.0. The van der Waals surface area contributed by atoms with E-state index in [0.717, 1.165) is 6.07 Å². The van der Waals surface area contributed by atoms with Crippen molar-refractivity contribution in [3.8, 4) is 40.1 Å². The highest BCUT2D eigenvalue weighted by atomic mass is 16.7. The normalized spacial score (nSPS) is 34.2. The highest BCUT2D eigenvalue weighted by Crippen LogP contribution is 2.42. The van der Waals surface area contributed by atoms with Gasteiger partial charge in [-0.15, -0.1) is 0 Å². The molecule has 15 atom stereocenters. The van der Waals surface area contributed by atoms with Gasteiger partial charge in [-0.2, -0.15) is 0 Å². The van der Waals surface area contributed by atoms with Crippen LogP contribution < -0.4 is 9.47 Å². The Bertz CT molecular complexity index is 2140. The lowest BCUT2D eigenvalue weighted by atomic mass is 9.98. The van der Waals surface area contributed by atoms with Crippen molar-refractivity contribution >= 4 is 16.9 Å². The van der Waals surface area contributed by atoms with Crippen molar-refractivity contribution in [2.45, 2.75) is 99.0 Å². The molecule has 3 aliphatic heterocycles. The third kappa shape index (κ3) is 9.29. The largest absolute Gasteiger partial charge is 0.508 e. The van der Waals surface area contributed by atoms with Gasteiger partial charge in [-0.05, 0) is 55.5 Å². The number of carbonyl (C=O) groups is 1. The van der Waals surface area contributed by atoms with Crippen molar-refractivity contribution in [1.82, 2.24) is 0 Å². The fraction of sp³-hybridized carbons (Fsp3) is 0.450. The van der Waals surface area contributed by atoms with Gasteiger partial charge in [-0.25, -0.2) is 9.21 Å². The van der Waals surface area contributed by atoms with E-state index in [1.165, 1.54) is 67.6 Å². The molecule has 3 saturated heterocycles. The Hall–Kier alpha value is -4.98. The third-order valence-corrected chi connectivity index (χ3v) is 10.5. The molecular formula is C40H45O21+. The van der Waals surface area contributed by atoms with E-state index in [-0.39, 0.29) is 50.9 Å². The fourth-order valence-electron chi connectivity index (χ4n) is 6.89. The zero-order valence-electron chi connectivity index (χ0n) is 32.0. The van der Waals surface area contributed by atoms with Crippen LogP contribution in [0.5, 0.6) is 28.7 Å². The minimum atomic E-state index is -1.89. The average molecular weight is 862 g/mol. The number of phenolic OH excluding ortho intramolecular Hbond substituents is 3. The van der Waals surface area contributed by atoms with E-state index < -0.39 is 117 Å². The van der Waals surface area contributed by atoms with E-state index >= 15 is 0 Å². The number of benzene rings is 3. The molecule has 3 aliphatic rings. The van der Waals surface area contributed by atoms with Crippen LogP contribution in [0.15, 0.2) is 71.1 Å². The number of esters is 1. The highest BCUT2D eigenvalue weighted by molar-refractivity contribution is 5.90. The van der Waals surface area contributed by atoms with Gasteiger partial charge >= 0.3 is 17.3 Å². The molecule has 0 amide bonds. The lowest BCUT2D eigenvalue weighted by molar-refractivity contribution is -0.318. The second kappa shape index (κ2) is 18.2. The summed E-state index contributed by atoms with van der Waals surface area (Å²) in [5.74, 6) is -1.99. The monoisotopic (exact) mass is 861 g/mol. The average Bonchev–Trinajstić information content (AvgIpc) is 3.24. The van der Waals surface area contributed by atoms with Crippen LogP contribution in [0, 0.1) is 0 Å². The van der Waals surface area contributed by atoms with E-state index in [0.29, 0.717) is 0 Å². The van der Waals surface area contributed by atoms with Gasteiger partial charge < -0.3 is 94.4 Å². The molecule has 0 spiro atoms. The van der Waals surface area contributed by atoms with Crippen LogP contribution in [0.2, 0.25) is 0 Å². The van der Waals surface area contributed by atoms with Crippen LogP contribution >= 0.6 is 0 Å². The summed E-state index contributed by atoms with van der Waals surface area (Å²) >= 11 is 0. The second-order valence-corrected chi connectivity index (χ2v) is 14.8. The molecule has 7 rings (SSSR count). The fourth-order valence-corrected chi connectivity index (χ4v) is 6.89. The molecule has 61 heavy (non-hydrogen) atoms. The van der Waals surface area contributed by atoms with Crippen molar-refractivity contribution in [2.75, 3.05) is 13.2 Å². The summed E-state index contributed by atoms with van der Waals surface area (Å²) in [6, 6.07) is 14.3. The van der Waals surface area contributed by atoms with E-state index in [1.807, 2.05) is 0 Å². The minimum Gasteiger partial charge on any atom is -0.508 e. The maximum absolute atomic E-state index is 12.5. The molecule has 21 heteroatoms. The number of hydrogen-bond acceptors (Lipinski definition) is 20. The van der Waals surface area contributed by atoms with Gasteiger partial charge in [-0.1, -0.05) is 0 Å². The molecule has 4 heterocycles. The Morgan fingerprint density at radius 2 is 1.15 bits per heavy atom. The van der Waals surface area contributed by atoms with Gasteiger partial charge in [0.1, 0.15) is 102 Å². The van der Waals surface area contributed by atoms with Crippen LogP contribution in [0.1, 0.15) is 17.3 Å². The smallest absolute Gasteiger partial charge is 0.402 e. The Labute approximate surface area is 344 Å². The van der Waals surface area contributed by atoms with Crippen molar-refractivity contribution in [2.24, 2.45) is 0 Å². The second-order valence-electron chi connectivity index (χ2n) is 14.8. The summed E-state index contributed by atoms with van der Waals surface area (Å²) in [5, 5.41) is 126. The van der Waals surface area contributed by atoms with Crippen LogP contribution in [0.25, 0.3) is 22.3 Å². The minimum absolute atomic E-state index is 0.0199. The quantitative estimate of drug-likeness (QED) is 0.0608. The first-order valence-electron chi connectivity index (χ1n) is 18.9. The molecule has 0 saturated carbocycles. The zero-order valence-corrected chi connectivity index (χ0v) is 32.0. The van der Waals surface area contributed by atoms with Crippen molar-refractivity contribution in [1.29, 1.82) is 0 Å². The van der Waals surface area contributed by atoms with Gasteiger partial charge in [0.05, 0.1) is 29.9 Å². The van der Waals surface area contributed by atoms with Crippen LogP contribution in [-0.4, -0.2) is 173 Å². The van der Waals surface area contributed by atoms with E-state index in [2.05, 4.69) is 0 Å². The maximum atomic E-state index is 12.5. The van der Waals surface area contributed by atoms with Gasteiger partial charge in [0, 0.05) is 12.1 Å². The summed E-state index contributed by atoms with van der Waals surface area (Å²) in [5.41, 5.74) is 0.277. The first kappa shape index (κ1) is 44.1. The number of hydrogen-bond donors (Lipinski definition) is 12. The van der Waals surface area contributed by atoms with Gasteiger partial charge in [0.25, 0.3) is 0 Å². The molecular weight excluding hydrogens is 816 g/mol. The third-order valence-electron chi connectivity index (χ3n) is 10.5. The van der Waals surface area contributed by atoms with Gasteiger partial charge in [0.2, 0.25) is 18.3 Å². The Morgan fingerprint density at radius 3 is 1.77 bits per heavy atom. The lowest BCUT2D eigenvalue weighted by Gasteiger charge is -2.42. The molecule has 0 unspecified atom stereocenters. The SMILES string of the molecule is C[C@@H]1O[C@@H](OC[C@H]2O[C@@H](Oc3cc4c(O)cc(O[C@@H]5O[C@H](COC(=O)c6ccc(O)cc6)[C@@H](O)[C@H](O)[C@H]5O)cc4[o+]c3-c3ccc(O)cc3)[C@H](O)[C@@H](O)[C@@H]2O)[C@H](O)[C@H](O)[C@H]1O. The lowest BCUT2D eigenvalue weighted by Crippen LogP contribution is -2.61. The molecule has 0 bridgehead atoms. The number of ether oxygens (including phenoxy) is 7. The first-order valence-corrected chi connectivity index (χ1v) is 18.9. The maximum Gasteiger partial charge on any atom is 0.402 e. The molecule has 330 valence electrons. The Morgan fingerprint density at radius 1 is 0.607 bits per heavy atom.